The third kappa shape index (κ3) is 14.0. The molecule has 0 aromatic heterocycles. The normalized spacial score (nSPS) is 49.0. The van der Waals surface area contributed by atoms with Gasteiger partial charge in [-0.3, -0.25) is 14.4 Å². The van der Waals surface area contributed by atoms with Gasteiger partial charge in [0.25, 0.3) is 0 Å². The fourth-order valence-corrected chi connectivity index (χ4v) is 16.8. The topological polar surface area (TPSA) is 324 Å². The molecule has 1 saturated carbocycles. The average molecular weight is 1280 g/mol. The number of nitrogens with one attached hydrogen (secondary N) is 1. The molecule has 6 aliphatic heterocycles. The largest absolute Gasteiger partial charge is 0.511 e. The molecule has 4 aliphatic carbocycles. The van der Waals surface area contributed by atoms with E-state index in [0.29, 0.717) is 44.0 Å². The van der Waals surface area contributed by atoms with Crippen molar-refractivity contribution < 1.29 is 106 Å². The molecule has 0 unspecified atom stereocenters. The van der Waals surface area contributed by atoms with Crippen LogP contribution in [-0.4, -0.2) is 192 Å². The lowest BCUT2D eigenvalue weighted by atomic mass is 9.49. The summed E-state index contributed by atoms with van der Waals surface area (Å²) in [7, 11) is 1.26. The maximum atomic E-state index is 15.6. The van der Waals surface area contributed by atoms with Gasteiger partial charge in [0, 0.05) is 68.2 Å². The highest BCUT2D eigenvalue weighted by Gasteiger charge is 2.65. The molecule has 1 amide bonds. The molecule has 1 spiro atoms. The van der Waals surface area contributed by atoms with Gasteiger partial charge in [-0.15, -0.1) is 0 Å². The summed E-state index contributed by atoms with van der Waals surface area (Å²) in [5.41, 5.74) is 3.19. The van der Waals surface area contributed by atoms with E-state index in [-0.39, 0.29) is 49.5 Å². The molecule has 10 rings (SSSR count). The number of Topliss-reactive ketones (excluding diaryl/α,β-unsaturated/α-hetero) is 1. The van der Waals surface area contributed by atoms with Crippen LogP contribution in [0.25, 0.3) is 0 Å². The van der Waals surface area contributed by atoms with E-state index in [1.54, 1.807) is 40.7 Å². The van der Waals surface area contributed by atoms with E-state index in [1.807, 2.05) is 39.8 Å². The van der Waals surface area contributed by atoms with Crippen molar-refractivity contribution in [3.8, 4) is 0 Å². The van der Waals surface area contributed by atoms with Crippen molar-refractivity contribution in [3.63, 3.8) is 0 Å². The lowest BCUT2D eigenvalue weighted by molar-refractivity contribution is -0.331. The summed E-state index contributed by atoms with van der Waals surface area (Å²) in [6, 6.07) is -0.638. The van der Waals surface area contributed by atoms with Gasteiger partial charge in [-0.1, -0.05) is 50.6 Å². The second kappa shape index (κ2) is 27.7. The highest BCUT2D eigenvalue weighted by atomic mass is 16.8. The van der Waals surface area contributed by atoms with Crippen molar-refractivity contribution >= 4 is 30.1 Å². The first-order chi connectivity index (χ1) is 43.0. The SMILES string of the molecule is COC(=O)N[C@H]1[C@@H](C)O[C@@H](O[C@H]2C/C=C(\C)[C@@H]3C=C[C@@H]4[C@@H](O[C@H]5C[C@@H](O[C@H]6CC[C@@H](O[C@@H]7C[C@@H](O)[C@@H](O[C@H]8CC[C@@H](O)[C@H](C)O8)[C@H](C)O7)[C@H](C)O6)[C@@H](OC(C)=O)[C@H](C)O5)[C@@H](C)C[C@H](C)[C@H]4[C@]3(C)/C(O)=C3\C(=O)O[C@]4(CC(C=O)=C[C@H](O)[C@H]4/C=C/2C)C3=O)C[C@]1(C)N. The number of hydrogen-bond donors (Lipinski definition) is 6. The zero-order valence-electron chi connectivity index (χ0n) is 54.8. The number of ether oxygens (including phenoxy) is 13. The number of aldehydes is 1. The Bertz CT molecular complexity index is 2840. The zero-order valence-corrected chi connectivity index (χ0v) is 54.8. The molecule has 0 aromatic carbocycles. The van der Waals surface area contributed by atoms with Crippen LogP contribution in [-0.2, 0) is 80.8 Å². The number of fused-ring (bicyclic) bond motifs is 4. The van der Waals surface area contributed by atoms with Crippen molar-refractivity contribution in [3.05, 3.63) is 58.4 Å². The predicted molar refractivity (Wildman–Crippen MR) is 322 cm³/mol. The number of carbonyl (C=O) groups is 5. The van der Waals surface area contributed by atoms with Gasteiger partial charge in [-0.25, -0.2) is 9.59 Å². The Morgan fingerprint density at radius 2 is 1.34 bits per heavy atom. The van der Waals surface area contributed by atoms with E-state index in [4.69, 9.17) is 67.3 Å². The number of allylic oxidation sites excluding steroid dienone is 3. The molecule has 2 bridgehead atoms. The van der Waals surface area contributed by atoms with Crippen molar-refractivity contribution in [1.29, 1.82) is 0 Å². The van der Waals surface area contributed by atoms with Gasteiger partial charge in [0.15, 0.2) is 43.2 Å². The van der Waals surface area contributed by atoms with Gasteiger partial charge in [0.1, 0.15) is 29.8 Å². The van der Waals surface area contributed by atoms with E-state index in [2.05, 4.69) is 25.2 Å². The van der Waals surface area contributed by atoms with E-state index < -0.39 is 198 Å². The number of carbonyl (C=O) groups excluding carboxylic acids is 5. The molecule has 91 heavy (non-hydrogen) atoms. The molecule has 508 valence electrons. The van der Waals surface area contributed by atoms with Gasteiger partial charge in [0.05, 0.1) is 86.2 Å². The summed E-state index contributed by atoms with van der Waals surface area (Å²) in [5.74, 6) is -5.95. The second-order valence-electron chi connectivity index (χ2n) is 28.1. The Hall–Kier alpha value is -4.51. The number of aliphatic hydroxyl groups excluding tert-OH is 4. The quantitative estimate of drug-likeness (QED) is 0.0402. The lowest BCUT2D eigenvalue weighted by Gasteiger charge is -2.56. The van der Waals surface area contributed by atoms with Crippen LogP contribution >= 0.6 is 0 Å². The van der Waals surface area contributed by atoms with Crippen LogP contribution in [0.5, 0.6) is 0 Å². The first-order valence-electron chi connectivity index (χ1n) is 32.8. The van der Waals surface area contributed by atoms with Gasteiger partial charge in [-0.2, -0.15) is 0 Å². The van der Waals surface area contributed by atoms with Gasteiger partial charge >= 0.3 is 18.0 Å². The van der Waals surface area contributed by atoms with Crippen molar-refractivity contribution in [1.82, 2.24) is 5.32 Å². The van der Waals surface area contributed by atoms with Crippen LogP contribution in [0.2, 0.25) is 0 Å². The van der Waals surface area contributed by atoms with Crippen molar-refractivity contribution in [2.75, 3.05) is 7.11 Å². The number of aliphatic hydroxyl groups is 4. The third-order valence-corrected chi connectivity index (χ3v) is 21.4. The minimum absolute atomic E-state index is 0.0473. The monoisotopic (exact) mass is 1280 g/mol. The van der Waals surface area contributed by atoms with Crippen LogP contribution in [0.4, 0.5) is 4.79 Å². The third-order valence-electron chi connectivity index (χ3n) is 21.4. The van der Waals surface area contributed by atoms with Crippen LogP contribution in [0.3, 0.4) is 0 Å². The fraction of sp³-hybridized carbons (Fsp3) is 0.776. The first-order valence-corrected chi connectivity index (χ1v) is 32.8. The van der Waals surface area contributed by atoms with Crippen LogP contribution < -0.4 is 11.1 Å². The number of methoxy groups -OCH3 is 1. The molecule has 7 N–H and O–H groups in total. The summed E-state index contributed by atoms with van der Waals surface area (Å²) in [4.78, 5) is 67.9. The maximum Gasteiger partial charge on any atom is 0.407 e. The zero-order chi connectivity index (χ0) is 65.9. The van der Waals surface area contributed by atoms with Crippen LogP contribution in [0, 0.1) is 40.9 Å². The maximum absolute atomic E-state index is 15.6. The second-order valence-corrected chi connectivity index (χ2v) is 28.1. The minimum Gasteiger partial charge on any atom is -0.511 e. The number of ketones is 1. The Kier molecular flexibility index (Phi) is 21.1. The number of esters is 2. The Labute approximate surface area is 533 Å². The molecule has 29 atom stereocenters. The number of hydrogen-bond acceptors (Lipinski definition) is 23. The smallest absolute Gasteiger partial charge is 0.407 e. The van der Waals surface area contributed by atoms with Gasteiger partial charge in [0.2, 0.25) is 5.78 Å². The standard InChI is InChI=1S/C67H98N2O22/c1-30-14-18-47(86-54-28-65(11,68)60(38(9)84-54)69-64(78)79-13)31(2)23-43-45(73)24-40(29-70)27-67(43)62(76)55(63(77)91-67)61(75)66(12)42(30)16-15-41-56(66)32(3)22-33(4)57(41)90-53-26-49(59(37(8)83-53)85-39(10)71)88-50-21-19-48(35(6)81-50)87-52-25-46(74)58(36(7)82-52)89-51-20-17-44(72)34(5)80-51/h14-16,23-24,29,32-38,41-54,56-60,72-75H,17-22,25-28,68H2,1-13H3,(H,69,78)/b30-14+,31-23+,61-55+/t32-,33-,34-,35-,36-,37-,38+,41-,42-,43+,44+,45-,46+,47-,48+,49+,50-,51-,52+,53-,54-,56+,57-,58-,59-,60-,65-,66+,67-/m0/s1. The highest BCUT2D eigenvalue weighted by Crippen LogP contribution is 2.61. The minimum atomic E-state index is -2.13. The number of alkyl carbamates (subject to hydrolysis) is 1. The number of rotatable bonds is 13. The average Bonchev–Trinajstić information content (AvgIpc) is 1.66. The van der Waals surface area contributed by atoms with E-state index in [0.717, 1.165) is 5.57 Å². The number of nitrogens with two attached hydrogens (primary N) is 1. The van der Waals surface area contributed by atoms with Gasteiger partial charge < -0.3 is 93.1 Å². The molecule has 6 saturated heterocycles. The molecule has 24 nitrogen and oxygen atoms in total. The molecule has 24 heteroatoms. The molecule has 6 heterocycles. The first kappa shape index (κ1) is 69.3. The van der Waals surface area contributed by atoms with Crippen molar-refractivity contribution in [2.45, 2.75) is 281 Å². The summed E-state index contributed by atoms with van der Waals surface area (Å²) in [5, 5.41) is 49.3. The Morgan fingerprint density at radius 1 is 0.703 bits per heavy atom. The highest BCUT2D eigenvalue weighted by molar-refractivity contribution is 6.26. The lowest BCUT2D eigenvalue weighted by Crippen LogP contribution is -2.66. The Morgan fingerprint density at radius 3 is 2.00 bits per heavy atom. The molecule has 0 radical (unpaired) electrons. The Balaban J connectivity index is 0.896. The summed E-state index contributed by atoms with van der Waals surface area (Å²) >= 11 is 0. The summed E-state index contributed by atoms with van der Waals surface area (Å²) in [6.07, 6.45) is -1.65. The molecule has 10 aliphatic rings. The van der Waals surface area contributed by atoms with Crippen molar-refractivity contribution in [2.24, 2.45) is 46.7 Å². The molecular formula is C67H98N2O22. The predicted octanol–water partition coefficient (Wildman–Crippen LogP) is 6.04. The van der Waals surface area contributed by atoms with E-state index in [1.165, 1.54) is 20.1 Å². The molecular weight excluding hydrogens is 1180 g/mol. The molecule has 0 aromatic rings. The summed E-state index contributed by atoms with van der Waals surface area (Å²) in [6.45, 7) is 22.0. The number of amides is 1. The van der Waals surface area contributed by atoms with Crippen LogP contribution in [0.1, 0.15) is 147 Å². The van der Waals surface area contributed by atoms with Gasteiger partial charge in [-0.05, 0) is 116 Å². The fourth-order valence-electron chi connectivity index (χ4n) is 16.8. The molecule has 7 fully saturated rings. The van der Waals surface area contributed by atoms with E-state index >= 15 is 4.79 Å². The van der Waals surface area contributed by atoms with Crippen LogP contribution in [0.15, 0.2) is 58.4 Å². The summed E-state index contributed by atoms with van der Waals surface area (Å²) < 4.78 is 82.0. The van der Waals surface area contributed by atoms with E-state index in [9.17, 15) is 39.6 Å².